The van der Waals surface area contributed by atoms with E-state index in [-0.39, 0.29) is 23.9 Å². The molecule has 0 radical (unpaired) electrons. The molecule has 0 aliphatic heterocycles. The summed E-state index contributed by atoms with van der Waals surface area (Å²) < 4.78 is 5.97. The van der Waals surface area contributed by atoms with E-state index in [0.29, 0.717) is 0 Å². The topological polar surface area (TPSA) is 35.2 Å². The van der Waals surface area contributed by atoms with E-state index in [1.54, 1.807) is 0 Å². The number of halogens is 1. The van der Waals surface area contributed by atoms with Crippen LogP contribution >= 0.6 is 12.4 Å². The monoisotopic (exact) mass is 299 g/mol. The Kier molecular flexibility index (Phi) is 7.61. The van der Waals surface area contributed by atoms with E-state index in [4.69, 9.17) is 10.5 Å². The number of ether oxygens (including phenoxy) is 1. The minimum absolute atomic E-state index is 0. The van der Waals surface area contributed by atoms with E-state index in [9.17, 15) is 0 Å². The summed E-state index contributed by atoms with van der Waals surface area (Å²) in [5, 5.41) is 0. The van der Waals surface area contributed by atoms with Crippen LogP contribution in [-0.2, 0) is 11.8 Å². The summed E-state index contributed by atoms with van der Waals surface area (Å²) in [6.45, 7) is 13.8. The summed E-state index contributed by atoms with van der Waals surface area (Å²) in [6, 6.07) is 4.67. The van der Waals surface area contributed by atoms with Gasteiger partial charge in [0.2, 0.25) is 0 Å². The van der Waals surface area contributed by atoms with Crippen molar-refractivity contribution in [1.29, 1.82) is 0 Å². The van der Waals surface area contributed by atoms with Crippen molar-refractivity contribution < 1.29 is 4.74 Å². The molecule has 1 unspecified atom stereocenters. The highest BCUT2D eigenvalue weighted by Gasteiger charge is 2.21. The Balaban J connectivity index is 0.00000361. The first-order valence-corrected chi connectivity index (χ1v) is 7.28. The highest BCUT2D eigenvalue weighted by Crippen LogP contribution is 2.35. The predicted octanol–water partition coefficient (Wildman–Crippen LogP) is 4.39. The summed E-state index contributed by atoms with van der Waals surface area (Å²) in [6.07, 6.45) is 1.95. The van der Waals surface area contributed by atoms with E-state index in [0.717, 1.165) is 25.2 Å². The Hall–Kier alpha value is -0.730. The van der Waals surface area contributed by atoms with Crippen LogP contribution in [0.5, 0.6) is 5.75 Å². The Morgan fingerprint density at radius 1 is 1.25 bits per heavy atom. The zero-order chi connectivity index (χ0) is 14.6. The number of hydrogen-bond acceptors (Lipinski definition) is 2. The first kappa shape index (κ1) is 19.3. The molecule has 1 rings (SSSR count). The molecule has 0 heterocycles. The molecular formula is C17H30ClNO. The molecule has 0 saturated carbocycles. The van der Waals surface area contributed by atoms with Gasteiger partial charge >= 0.3 is 0 Å². The van der Waals surface area contributed by atoms with Gasteiger partial charge in [0, 0.05) is 11.6 Å². The Bertz CT molecular complexity index is 422. The van der Waals surface area contributed by atoms with Crippen LogP contribution < -0.4 is 10.5 Å². The second-order valence-electron chi connectivity index (χ2n) is 6.57. The molecule has 2 nitrogen and oxygen atoms in total. The SMILES string of the molecule is CCCOc1c(C)cc(CC(C)N)cc1C(C)(C)C.Cl. The van der Waals surface area contributed by atoms with Crippen LogP contribution in [0.2, 0.25) is 0 Å². The van der Waals surface area contributed by atoms with Crippen LogP contribution in [-0.4, -0.2) is 12.6 Å². The van der Waals surface area contributed by atoms with Crippen molar-refractivity contribution in [3.05, 3.63) is 28.8 Å². The maximum atomic E-state index is 5.97. The van der Waals surface area contributed by atoms with Gasteiger partial charge in [0.1, 0.15) is 5.75 Å². The molecule has 0 fully saturated rings. The van der Waals surface area contributed by atoms with Gasteiger partial charge < -0.3 is 10.5 Å². The van der Waals surface area contributed by atoms with Crippen molar-refractivity contribution in [1.82, 2.24) is 0 Å². The van der Waals surface area contributed by atoms with E-state index in [2.05, 4.69) is 46.8 Å². The minimum Gasteiger partial charge on any atom is -0.493 e. The van der Waals surface area contributed by atoms with Crippen LogP contribution in [0.3, 0.4) is 0 Å². The van der Waals surface area contributed by atoms with Crippen LogP contribution in [0.15, 0.2) is 12.1 Å². The molecule has 0 spiro atoms. The van der Waals surface area contributed by atoms with Crippen molar-refractivity contribution in [2.24, 2.45) is 5.73 Å². The highest BCUT2D eigenvalue weighted by atomic mass is 35.5. The molecule has 20 heavy (non-hydrogen) atoms. The standard InChI is InChI=1S/C17H29NO.ClH/c1-7-8-19-16-12(2)9-14(10-13(3)18)11-15(16)17(4,5)6;/h9,11,13H,7-8,10,18H2,1-6H3;1H. The number of benzene rings is 1. The smallest absolute Gasteiger partial charge is 0.125 e. The number of nitrogens with two attached hydrogens (primary N) is 1. The largest absolute Gasteiger partial charge is 0.493 e. The molecule has 0 aromatic heterocycles. The van der Waals surface area contributed by atoms with Gasteiger partial charge in [-0.05, 0) is 43.2 Å². The Morgan fingerprint density at radius 3 is 2.30 bits per heavy atom. The Morgan fingerprint density at radius 2 is 1.85 bits per heavy atom. The lowest BCUT2D eigenvalue weighted by Crippen LogP contribution is -2.20. The molecule has 2 N–H and O–H groups in total. The van der Waals surface area contributed by atoms with Crippen LogP contribution in [0.25, 0.3) is 0 Å². The fraction of sp³-hybridized carbons (Fsp3) is 0.647. The zero-order valence-corrected chi connectivity index (χ0v) is 14.6. The average Bonchev–Trinajstić information content (AvgIpc) is 2.25. The van der Waals surface area contributed by atoms with Gasteiger partial charge in [0.25, 0.3) is 0 Å². The first-order chi connectivity index (χ1) is 8.75. The molecule has 0 aliphatic rings. The van der Waals surface area contributed by atoms with Crippen molar-refractivity contribution in [2.45, 2.75) is 65.8 Å². The summed E-state index contributed by atoms with van der Waals surface area (Å²) in [5.41, 5.74) is 9.82. The lowest BCUT2D eigenvalue weighted by atomic mass is 9.83. The van der Waals surface area contributed by atoms with Gasteiger partial charge in [-0.15, -0.1) is 12.4 Å². The highest BCUT2D eigenvalue weighted by molar-refractivity contribution is 5.85. The van der Waals surface area contributed by atoms with Crippen molar-refractivity contribution >= 4 is 12.4 Å². The quantitative estimate of drug-likeness (QED) is 0.875. The third-order valence-corrected chi connectivity index (χ3v) is 3.15. The maximum absolute atomic E-state index is 5.97. The summed E-state index contributed by atoms with van der Waals surface area (Å²) >= 11 is 0. The van der Waals surface area contributed by atoms with E-state index in [1.807, 2.05) is 6.92 Å². The van der Waals surface area contributed by atoms with E-state index >= 15 is 0 Å². The van der Waals surface area contributed by atoms with Gasteiger partial charge in [-0.1, -0.05) is 39.8 Å². The summed E-state index contributed by atoms with van der Waals surface area (Å²) in [4.78, 5) is 0. The third-order valence-electron chi connectivity index (χ3n) is 3.15. The molecule has 116 valence electrons. The van der Waals surface area contributed by atoms with Gasteiger partial charge in [0.15, 0.2) is 0 Å². The molecule has 0 saturated heterocycles. The first-order valence-electron chi connectivity index (χ1n) is 7.28. The molecule has 1 aromatic rings. The lowest BCUT2D eigenvalue weighted by Gasteiger charge is -2.25. The van der Waals surface area contributed by atoms with Crippen molar-refractivity contribution in [3.63, 3.8) is 0 Å². The van der Waals surface area contributed by atoms with Crippen LogP contribution in [0.1, 0.15) is 57.7 Å². The number of hydrogen-bond donors (Lipinski definition) is 1. The fourth-order valence-corrected chi connectivity index (χ4v) is 2.29. The van der Waals surface area contributed by atoms with Gasteiger partial charge in [-0.2, -0.15) is 0 Å². The molecule has 1 atom stereocenters. The van der Waals surface area contributed by atoms with Gasteiger partial charge in [0.05, 0.1) is 6.61 Å². The zero-order valence-electron chi connectivity index (χ0n) is 13.7. The van der Waals surface area contributed by atoms with Gasteiger partial charge in [-0.3, -0.25) is 0 Å². The Labute approximate surface area is 130 Å². The molecule has 0 bridgehead atoms. The third kappa shape index (κ3) is 5.34. The predicted molar refractivity (Wildman–Crippen MR) is 90.3 cm³/mol. The molecule has 0 amide bonds. The number of aryl methyl sites for hydroxylation is 1. The van der Waals surface area contributed by atoms with Crippen LogP contribution in [0.4, 0.5) is 0 Å². The number of rotatable bonds is 5. The second kappa shape index (κ2) is 7.90. The van der Waals surface area contributed by atoms with Crippen molar-refractivity contribution in [3.8, 4) is 5.75 Å². The molecular weight excluding hydrogens is 270 g/mol. The van der Waals surface area contributed by atoms with E-state index in [1.165, 1.54) is 16.7 Å². The maximum Gasteiger partial charge on any atom is 0.125 e. The van der Waals surface area contributed by atoms with E-state index < -0.39 is 0 Å². The average molecular weight is 300 g/mol. The lowest BCUT2D eigenvalue weighted by molar-refractivity contribution is 0.306. The van der Waals surface area contributed by atoms with Crippen LogP contribution in [0, 0.1) is 6.92 Å². The normalized spacial score (nSPS) is 12.8. The molecule has 1 aromatic carbocycles. The summed E-state index contributed by atoms with van der Waals surface area (Å²) in [5.74, 6) is 1.06. The fourth-order valence-electron chi connectivity index (χ4n) is 2.29. The molecule has 0 aliphatic carbocycles. The van der Waals surface area contributed by atoms with Crippen molar-refractivity contribution in [2.75, 3.05) is 6.61 Å². The van der Waals surface area contributed by atoms with Gasteiger partial charge in [-0.25, -0.2) is 0 Å². The minimum atomic E-state index is 0. The summed E-state index contributed by atoms with van der Waals surface area (Å²) in [7, 11) is 0. The second-order valence-corrected chi connectivity index (χ2v) is 6.57. The molecule has 3 heteroatoms.